The first-order valence-electron chi connectivity index (χ1n) is 3.07. The Balaban J connectivity index is 0.000000162. The van der Waals surface area contributed by atoms with Crippen LogP contribution >= 0.6 is 0 Å². The van der Waals surface area contributed by atoms with Gasteiger partial charge in [0, 0.05) is 18.8 Å². The van der Waals surface area contributed by atoms with Crippen LogP contribution in [0.1, 0.15) is 13.3 Å². The first-order valence-corrected chi connectivity index (χ1v) is 3.07. The van der Waals surface area contributed by atoms with Gasteiger partial charge >= 0.3 is 5.97 Å². The van der Waals surface area contributed by atoms with Crippen LogP contribution in [0.15, 0.2) is 24.5 Å². The molecule has 0 amide bonds. The predicted molar refractivity (Wildman–Crippen MR) is 38.7 cm³/mol. The van der Waals surface area contributed by atoms with Crippen molar-refractivity contribution in [3.8, 4) is 0 Å². The van der Waals surface area contributed by atoms with Gasteiger partial charge in [0.05, 0.1) is 0 Å². The molecule has 2 N–H and O–H groups in total. The van der Waals surface area contributed by atoms with Crippen molar-refractivity contribution in [3.05, 3.63) is 24.5 Å². The van der Waals surface area contributed by atoms with E-state index in [4.69, 9.17) is 5.11 Å². The molecule has 0 aliphatic carbocycles. The lowest BCUT2D eigenvalue weighted by molar-refractivity contribution is -0.136. The van der Waals surface area contributed by atoms with Crippen molar-refractivity contribution in [2.24, 2.45) is 0 Å². The molecule has 0 aromatic carbocycles. The summed E-state index contributed by atoms with van der Waals surface area (Å²) in [7, 11) is 0. The summed E-state index contributed by atoms with van der Waals surface area (Å²) >= 11 is 0. The van der Waals surface area contributed by atoms with Crippen LogP contribution in [0.4, 0.5) is 0 Å². The van der Waals surface area contributed by atoms with Gasteiger partial charge in [0.15, 0.2) is 0 Å². The molecule has 1 rings (SSSR count). The number of nitrogens with one attached hydrogen (secondary N) is 1. The zero-order chi connectivity index (χ0) is 7.82. The molecular weight excluding hydrogens is 130 g/mol. The Labute approximate surface area is 59.7 Å². The molecule has 1 aromatic rings. The Morgan fingerprint density at radius 1 is 1.50 bits per heavy atom. The molecule has 1 aromatic heterocycles. The van der Waals surface area contributed by atoms with Crippen molar-refractivity contribution < 1.29 is 9.90 Å². The van der Waals surface area contributed by atoms with Gasteiger partial charge in [-0.25, -0.2) is 0 Å². The minimum Gasteiger partial charge on any atom is -0.481 e. The van der Waals surface area contributed by atoms with Crippen LogP contribution in [-0.2, 0) is 4.79 Å². The number of carboxylic acids is 1. The lowest BCUT2D eigenvalue weighted by atomic mass is 10.5. The molecule has 0 bridgehead atoms. The fraction of sp³-hybridized carbons (Fsp3) is 0.286. The van der Waals surface area contributed by atoms with Crippen LogP contribution in [0.5, 0.6) is 0 Å². The van der Waals surface area contributed by atoms with E-state index in [1.807, 2.05) is 24.5 Å². The second kappa shape index (κ2) is 5.88. The first-order chi connectivity index (χ1) is 4.77. The molecule has 0 saturated carbocycles. The maximum absolute atomic E-state index is 9.37. The van der Waals surface area contributed by atoms with Gasteiger partial charge in [-0.05, 0) is 12.1 Å². The average Bonchev–Trinajstić information content (AvgIpc) is 2.43. The number of carboxylic acid groups (broad SMARTS) is 1. The van der Waals surface area contributed by atoms with E-state index >= 15 is 0 Å². The van der Waals surface area contributed by atoms with Crippen molar-refractivity contribution in [1.29, 1.82) is 0 Å². The number of aliphatic carboxylic acids is 1. The quantitative estimate of drug-likeness (QED) is 0.622. The van der Waals surface area contributed by atoms with Gasteiger partial charge in [-0.3, -0.25) is 4.79 Å². The van der Waals surface area contributed by atoms with Crippen LogP contribution in [0.25, 0.3) is 0 Å². The first kappa shape index (κ1) is 8.75. The summed E-state index contributed by atoms with van der Waals surface area (Å²) < 4.78 is 0. The van der Waals surface area contributed by atoms with Crippen LogP contribution in [0.3, 0.4) is 0 Å². The fourth-order valence-corrected chi connectivity index (χ4v) is 0.278. The number of hydrogen-bond donors (Lipinski definition) is 2. The molecule has 0 fully saturated rings. The molecule has 0 aliphatic rings. The highest BCUT2D eigenvalue weighted by Crippen LogP contribution is 1.72. The molecule has 1 heterocycles. The van der Waals surface area contributed by atoms with Gasteiger partial charge in [-0.1, -0.05) is 6.92 Å². The third-order valence-corrected chi connectivity index (χ3v) is 0.798. The maximum atomic E-state index is 9.37. The normalized spacial score (nSPS) is 7.70. The van der Waals surface area contributed by atoms with Gasteiger partial charge in [0.1, 0.15) is 0 Å². The molecule has 56 valence electrons. The summed E-state index contributed by atoms with van der Waals surface area (Å²) in [6.07, 6.45) is 3.97. The minimum absolute atomic E-state index is 0.222. The molecule has 3 nitrogen and oxygen atoms in total. The summed E-state index contributed by atoms with van der Waals surface area (Å²) in [4.78, 5) is 12.2. The van der Waals surface area contributed by atoms with Gasteiger partial charge in [0.2, 0.25) is 0 Å². The highest BCUT2D eigenvalue weighted by Gasteiger charge is 1.80. The van der Waals surface area contributed by atoms with Crippen LogP contribution in [-0.4, -0.2) is 16.1 Å². The second-order valence-corrected chi connectivity index (χ2v) is 1.63. The third kappa shape index (κ3) is 6.75. The van der Waals surface area contributed by atoms with Crippen molar-refractivity contribution in [2.75, 3.05) is 0 Å². The maximum Gasteiger partial charge on any atom is 0.303 e. The average molecular weight is 141 g/mol. The van der Waals surface area contributed by atoms with Gasteiger partial charge < -0.3 is 10.1 Å². The van der Waals surface area contributed by atoms with E-state index in [-0.39, 0.29) is 6.42 Å². The van der Waals surface area contributed by atoms with E-state index in [0.717, 1.165) is 0 Å². The third-order valence-electron chi connectivity index (χ3n) is 0.798. The lowest BCUT2D eigenvalue weighted by Crippen LogP contribution is -1.86. The summed E-state index contributed by atoms with van der Waals surface area (Å²) in [6.45, 7) is 1.60. The van der Waals surface area contributed by atoms with Crippen molar-refractivity contribution in [1.82, 2.24) is 4.98 Å². The Morgan fingerprint density at radius 3 is 2.00 bits per heavy atom. The fourth-order valence-electron chi connectivity index (χ4n) is 0.278. The van der Waals surface area contributed by atoms with Crippen LogP contribution < -0.4 is 0 Å². The Bertz CT molecular complexity index is 141. The number of H-pyrrole nitrogens is 1. The van der Waals surface area contributed by atoms with Gasteiger partial charge in [-0.15, -0.1) is 0 Å². The largest absolute Gasteiger partial charge is 0.481 e. The molecule has 0 radical (unpaired) electrons. The van der Waals surface area contributed by atoms with Crippen LogP contribution in [0.2, 0.25) is 0 Å². The second-order valence-electron chi connectivity index (χ2n) is 1.63. The van der Waals surface area contributed by atoms with Gasteiger partial charge in [-0.2, -0.15) is 0 Å². The number of rotatable bonds is 1. The monoisotopic (exact) mass is 141 g/mol. The molecule has 0 aliphatic heterocycles. The number of aromatic nitrogens is 1. The van der Waals surface area contributed by atoms with E-state index in [0.29, 0.717) is 0 Å². The predicted octanol–water partition coefficient (Wildman–Crippen LogP) is 1.50. The number of aromatic amines is 1. The van der Waals surface area contributed by atoms with E-state index in [1.165, 1.54) is 0 Å². The minimum atomic E-state index is -0.745. The summed E-state index contributed by atoms with van der Waals surface area (Å²) in [6, 6.07) is 3.89. The molecule has 0 spiro atoms. The smallest absolute Gasteiger partial charge is 0.303 e. The topological polar surface area (TPSA) is 53.1 Å². The van der Waals surface area contributed by atoms with Crippen molar-refractivity contribution in [2.45, 2.75) is 13.3 Å². The highest BCUT2D eigenvalue weighted by atomic mass is 16.4. The molecule has 0 saturated heterocycles. The van der Waals surface area contributed by atoms with Crippen molar-refractivity contribution in [3.63, 3.8) is 0 Å². The Kier molecular flexibility index (Phi) is 5.14. The van der Waals surface area contributed by atoms with Gasteiger partial charge in [0.25, 0.3) is 0 Å². The highest BCUT2D eigenvalue weighted by molar-refractivity contribution is 5.66. The summed E-state index contributed by atoms with van der Waals surface area (Å²) in [5.74, 6) is -0.745. The molecule has 10 heavy (non-hydrogen) atoms. The SMILES string of the molecule is CCC(=O)O.c1cc[nH]c1. The zero-order valence-corrected chi connectivity index (χ0v) is 5.87. The standard InChI is InChI=1S/C4H5N.C3H6O2/c1-2-4-5-3-1;1-2-3(4)5/h1-5H;2H2,1H3,(H,4,5). The Morgan fingerprint density at radius 2 is 1.90 bits per heavy atom. The zero-order valence-electron chi connectivity index (χ0n) is 5.87. The van der Waals surface area contributed by atoms with E-state index in [1.54, 1.807) is 6.92 Å². The molecule has 0 atom stereocenters. The summed E-state index contributed by atoms with van der Waals surface area (Å²) in [5, 5.41) is 7.72. The molecular formula is C7H11NO2. The van der Waals surface area contributed by atoms with E-state index in [2.05, 4.69) is 4.98 Å². The number of hydrogen-bond acceptors (Lipinski definition) is 1. The molecule has 0 unspecified atom stereocenters. The van der Waals surface area contributed by atoms with Crippen LogP contribution in [0, 0.1) is 0 Å². The summed E-state index contributed by atoms with van der Waals surface area (Å²) in [5.41, 5.74) is 0. The van der Waals surface area contributed by atoms with Crippen molar-refractivity contribution >= 4 is 5.97 Å². The lowest BCUT2D eigenvalue weighted by Gasteiger charge is -1.71. The van der Waals surface area contributed by atoms with E-state index < -0.39 is 5.97 Å². The molecule has 3 heteroatoms. The van der Waals surface area contributed by atoms with E-state index in [9.17, 15) is 4.79 Å². The number of carbonyl (C=O) groups is 1. The Hall–Kier alpha value is -1.25.